The van der Waals surface area contributed by atoms with Gasteiger partial charge in [0.15, 0.2) is 0 Å². The average Bonchev–Trinajstić information content (AvgIpc) is 2.73. The number of rotatable bonds is 7. The molecule has 2 aromatic carbocycles. The fraction of sp³-hybridized carbons (Fsp3) is 0.381. The van der Waals surface area contributed by atoms with E-state index >= 15 is 0 Å². The quantitative estimate of drug-likeness (QED) is 0.585. The van der Waals surface area contributed by atoms with Crippen molar-refractivity contribution in [3.05, 3.63) is 69.8 Å². The van der Waals surface area contributed by atoms with Crippen molar-refractivity contribution in [2.45, 2.75) is 31.8 Å². The van der Waals surface area contributed by atoms with Crippen molar-refractivity contribution in [2.24, 2.45) is 0 Å². The fourth-order valence-electron chi connectivity index (χ4n) is 3.61. The number of piperidine rings is 1. The number of nitro groups is 1. The van der Waals surface area contributed by atoms with E-state index in [1.54, 1.807) is 0 Å². The van der Waals surface area contributed by atoms with Crippen molar-refractivity contribution in [3.63, 3.8) is 0 Å². The van der Waals surface area contributed by atoms with Crippen molar-refractivity contribution in [1.29, 1.82) is 0 Å². The van der Waals surface area contributed by atoms with Crippen LogP contribution in [0, 0.1) is 10.1 Å². The number of hydrogen-bond donors (Lipinski definition) is 1. The summed E-state index contributed by atoms with van der Waals surface area (Å²) < 4.78 is 5.11. The number of carbonyl (C=O) groups excluding carboxylic acids is 1. The summed E-state index contributed by atoms with van der Waals surface area (Å²) in [5, 5.41) is 14.2. The monoisotopic (exact) mass is 383 g/mol. The first-order valence-electron chi connectivity index (χ1n) is 9.47. The van der Waals surface area contributed by atoms with Crippen LogP contribution in [0.2, 0.25) is 0 Å². The molecule has 1 saturated heterocycles. The minimum atomic E-state index is -0.545. The highest BCUT2D eigenvalue weighted by molar-refractivity contribution is 5.98. The maximum absolute atomic E-state index is 12.7. The van der Waals surface area contributed by atoms with Gasteiger partial charge < -0.3 is 10.1 Å². The largest absolute Gasteiger partial charge is 0.497 e. The van der Waals surface area contributed by atoms with Crippen LogP contribution < -0.4 is 10.1 Å². The SMILES string of the molecule is COc1ccc([N+](=O)[O-])c(C(=O)NCC2CCCCN2Cc2ccccc2)c1. The first kappa shape index (κ1) is 19.8. The highest BCUT2D eigenvalue weighted by Crippen LogP contribution is 2.24. The molecule has 0 aliphatic carbocycles. The van der Waals surface area contributed by atoms with Gasteiger partial charge in [0.2, 0.25) is 0 Å². The van der Waals surface area contributed by atoms with Crippen LogP contribution in [-0.2, 0) is 6.54 Å². The smallest absolute Gasteiger partial charge is 0.282 e. The van der Waals surface area contributed by atoms with E-state index < -0.39 is 10.8 Å². The van der Waals surface area contributed by atoms with Crippen LogP contribution in [0.15, 0.2) is 48.5 Å². The molecule has 7 nitrogen and oxygen atoms in total. The number of ether oxygens (including phenoxy) is 1. The molecular formula is C21H25N3O4. The fourth-order valence-corrected chi connectivity index (χ4v) is 3.61. The van der Waals surface area contributed by atoms with Gasteiger partial charge in [-0.05, 0) is 37.1 Å². The van der Waals surface area contributed by atoms with Crippen LogP contribution >= 0.6 is 0 Å². The molecule has 1 heterocycles. The van der Waals surface area contributed by atoms with Crippen LogP contribution in [0.25, 0.3) is 0 Å². The molecule has 1 fully saturated rings. The number of nitro benzene ring substituents is 1. The lowest BCUT2D eigenvalue weighted by Crippen LogP contribution is -2.46. The molecule has 0 radical (unpaired) electrons. The Labute approximate surface area is 164 Å². The van der Waals surface area contributed by atoms with E-state index in [0.717, 1.165) is 32.4 Å². The highest BCUT2D eigenvalue weighted by atomic mass is 16.6. The molecule has 7 heteroatoms. The summed E-state index contributed by atoms with van der Waals surface area (Å²) >= 11 is 0. The maximum Gasteiger partial charge on any atom is 0.282 e. The van der Waals surface area contributed by atoms with Crippen molar-refractivity contribution in [1.82, 2.24) is 10.2 Å². The first-order chi connectivity index (χ1) is 13.6. The Morgan fingerprint density at radius 1 is 1.25 bits per heavy atom. The Morgan fingerprint density at radius 3 is 2.75 bits per heavy atom. The van der Waals surface area contributed by atoms with Gasteiger partial charge in [-0.25, -0.2) is 0 Å². The number of amides is 1. The van der Waals surface area contributed by atoms with E-state index in [0.29, 0.717) is 12.3 Å². The lowest BCUT2D eigenvalue weighted by molar-refractivity contribution is -0.385. The van der Waals surface area contributed by atoms with Gasteiger partial charge in [-0.1, -0.05) is 36.8 Å². The van der Waals surface area contributed by atoms with Crippen molar-refractivity contribution < 1.29 is 14.5 Å². The summed E-state index contributed by atoms with van der Waals surface area (Å²) in [6.45, 7) is 2.27. The minimum Gasteiger partial charge on any atom is -0.497 e. The Hall–Kier alpha value is -2.93. The second kappa shape index (κ2) is 9.32. The molecule has 0 aromatic heterocycles. The highest BCUT2D eigenvalue weighted by Gasteiger charge is 2.25. The topological polar surface area (TPSA) is 84.7 Å². The zero-order valence-corrected chi connectivity index (χ0v) is 16.0. The zero-order valence-electron chi connectivity index (χ0n) is 16.0. The summed E-state index contributed by atoms with van der Waals surface area (Å²) in [4.78, 5) is 25.7. The number of carbonyl (C=O) groups is 1. The third kappa shape index (κ3) is 4.86. The van der Waals surface area contributed by atoms with Crippen LogP contribution in [-0.4, -0.2) is 42.0 Å². The standard InChI is InChI=1S/C21H25N3O4/c1-28-18-10-11-20(24(26)27)19(13-18)21(25)22-14-17-9-5-6-12-23(17)15-16-7-3-2-4-8-16/h2-4,7-8,10-11,13,17H,5-6,9,12,14-15H2,1H3,(H,22,25). The Balaban J connectivity index is 1.68. The van der Waals surface area contributed by atoms with Gasteiger partial charge in [0.25, 0.3) is 11.6 Å². The van der Waals surface area contributed by atoms with Gasteiger partial charge in [-0.3, -0.25) is 19.8 Å². The second-order valence-electron chi connectivity index (χ2n) is 6.96. The van der Waals surface area contributed by atoms with Crippen LogP contribution in [0.1, 0.15) is 35.2 Å². The number of nitrogens with zero attached hydrogens (tertiary/aromatic N) is 2. The van der Waals surface area contributed by atoms with Crippen molar-refractivity contribution in [3.8, 4) is 5.75 Å². The van der Waals surface area contributed by atoms with Gasteiger partial charge in [-0.15, -0.1) is 0 Å². The molecule has 0 bridgehead atoms. The van der Waals surface area contributed by atoms with Crippen molar-refractivity contribution >= 4 is 11.6 Å². The molecule has 1 N–H and O–H groups in total. The average molecular weight is 383 g/mol. The first-order valence-corrected chi connectivity index (χ1v) is 9.47. The Bertz CT molecular complexity index is 826. The molecule has 1 aliphatic rings. The van der Waals surface area contributed by atoms with E-state index in [9.17, 15) is 14.9 Å². The van der Waals surface area contributed by atoms with Gasteiger partial charge in [0.05, 0.1) is 12.0 Å². The molecule has 0 saturated carbocycles. The summed E-state index contributed by atoms with van der Waals surface area (Å²) in [5.74, 6) is -0.0324. The summed E-state index contributed by atoms with van der Waals surface area (Å²) in [6.07, 6.45) is 3.25. The van der Waals surface area contributed by atoms with Crippen LogP contribution in [0.4, 0.5) is 5.69 Å². The molecular weight excluding hydrogens is 358 g/mol. The molecule has 0 spiro atoms. The normalized spacial score (nSPS) is 17.1. The molecule has 1 unspecified atom stereocenters. The predicted molar refractivity (Wildman–Crippen MR) is 106 cm³/mol. The molecule has 1 aliphatic heterocycles. The van der Waals surface area contributed by atoms with Gasteiger partial charge >= 0.3 is 0 Å². The van der Waals surface area contributed by atoms with E-state index in [4.69, 9.17) is 4.74 Å². The maximum atomic E-state index is 12.7. The van der Waals surface area contributed by atoms with E-state index in [1.807, 2.05) is 18.2 Å². The predicted octanol–water partition coefficient (Wildman–Crippen LogP) is 3.39. The molecule has 28 heavy (non-hydrogen) atoms. The molecule has 1 atom stereocenters. The van der Waals surface area contributed by atoms with Crippen LogP contribution in [0.3, 0.4) is 0 Å². The number of methoxy groups -OCH3 is 1. The zero-order chi connectivity index (χ0) is 19.9. The van der Waals surface area contributed by atoms with E-state index in [-0.39, 0.29) is 17.3 Å². The van der Waals surface area contributed by atoms with E-state index in [2.05, 4.69) is 22.3 Å². The summed E-state index contributed by atoms with van der Waals surface area (Å²) in [5.41, 5.74) is 1.04. The molecule has 3 rings (SSSR count). The number of nitrogens with one attached hydrogen (secondary N) is 1. The Kier molecular flexibility index (Phi) is 6.60. The number of benzene rings is 2. The molecule has 2 aromatic rings. The lowest BCUT2D eigenvalue weighted by atomic mass is 10.0. The van der Waals surface area contributed by atoms with Gasteiger partial charge in [0.1, 0.15) is 11.3 Å². The second-order valence-corrected chi connectivity index (χ2v) is 6.96. The van der Waals surface area contributed by atoms with Crippen molar-refractivity contribution in [2.75, 3.05) is 20.2 Å². The van der Waals surface area contributed by atoms with Crippen LogP contribution in [0.5, 0.6) is 5.75 Å². The summed E-state index contributed by atoms with van der Waals surface area (Å²) in [6, 6.07) is 14.7. The van der Waals surface area contributed by atoms with Gasteiger partial charge in [-0.2, -0.15) is 0 Å². The number of likely N-dealkylation sites (tertiary alicyclic amines) is 1. The lowest BCUT2D eigenvalue weighted by Gasteiger charge is -2.35. The van der Waals surface area contributed by atoms with E-state index in [1.165, 1.54) is 30.9 Å². The Morgan fingerprint density at radius 2 is 2.04 bits per heavy atom. The third-order valence-corrected chi connectivity index (χ3v) is 5.12. The minimum absolute atomic E-state index is 0.0229. The summed E-state index contributed by atoms with van der Waals surface area (Å²) in [7, 11) is 1.46. The van der Waals surface area contributed by atoms with Gasteiger partial charge in [0, 0.05) is 25.2 Å². The molecule has 1 amide bonds. The number of hydrogen-bond acceptors (Lipinski definition) is 5. The molecule has 148 valence electrons. The third-order valence-electron chi connectivity index (χ3n) is 5.12.